The van der Waals surface area contributed by atoms with Crippen LogP contribution in [0.4, 0.5) is 4.79 Å². The first kappa shape index (κ1) is 10.5. The van der Waals surface area contributed by atoms with Crippen LogP contribution in [0.25, 0.3) is 0 Å². The molecule has 0 atom stereocenters. The van der Waals surface area contributed by atoms with Crippen LogP contribution in [0.1, 0.15) is 13.8 Å². The predicted molar refractivity (Wildman–Crippen MR) is 52.7 cm³/mol. The summed E-state index contributed by atoms with van der Waals surface area (Å²) < 4.78 is 0. The quantitative estimate of drug-likeness (QED) is 0.728. The summed E-state index contributed by atoms with van der Waals surface area (Å²) in [5, 5.41) is 3.04. The maximum atomic E-state index is 11.1. The van der Waals surface area contributed by atoms with Gasteiger partial charge in [0.05, 0.1) is 5.75 Å². The highest BCUT2D eigenvalue weighted by molar-refractivity contribution is 8.14. The Balaban J connectivity index is 2.27. The van der Waals surface area contributed by atoms with Crippen LogP contribution in [0.15, 0.2) is 0 Å². The predicted octanol–water partition coefficient (Wildman–Crippen LogP) is 0.680. The minimum absolute atomic E-state index is 0.0689. The second-order valence-corrected chi connectivity index (χ2v) is 4.14. The third kappa shape index (κ3) is 3.00. The van der Waals surface area contributed by atoms with Crippen LogP contribution in [0.5, 0.6) is 0 Å². The topological polar surface area (TPSA) is 49.4 Å². The van der Waals surface area contributed by atoms with E-state index in [4.69, 9.17) is 0 Å². The number of nitrogens with zero attached hydrogens (tertiary/aromatic N) is 1. The molecular formula is C8H14N2O2S. The van der Waals surface area contributed by atoms with Gasteiger partial charge in [-0.25, -0.2) is 0 Å². The van der Waals surface area contributed by atoms with Gasteiger partial charge in [-0.05, 0) is 0 Å². The van der Waals surface area contributed by atoms with E-state index in [9.17, 15) is 9.59 Å². The Hall–Kier alpha value is -0.550. The first-order valence-electron chi connectivity index (χ1n) is 4.31. The van der Waals surface area contributed by atoms with Gasteiger partial charge in [0, 0.05) is 19.1 Å². The zero-order valence-corrected chi connectivity index (χ0v) is 8.69. The average molecular weight is 202 g/mol. The van der Waals surface area contributed by atoms with Crippen molar-refractivity contribution in [3.8, 4) is 0 Å². The number of hydrogen-bond acceptors (Lipinski definition) is 4. The summed E-state index contributed by atoms with van der Waals surface area (Å²) in [6.45, 7) is 5.23. The van der Waals surface area contributed by atoms with Crippen LogP contribution in [-0.4, -0.2) is 40.9 Å². The molecule has 1 fully saturated rings. The van der Waals surface area contributed by atoms with Crippen LogP contribution < -0.4 is 5.32 Å². The third-order valence-electron chi connectivity index (χ3n) is 1.73. The van der Waals surface area contributed by atoms with Crippen molar-refractivity contribution in [3.05, 3.63) is 0 Å². The Bertz CT molecular complexity index is 202. The van der Waals surface area contributed by atoms with E-state index in [1.54, 1.807) is 0 Å². The van der Waals surface area contributed by atoms with Crippen LogP contribution >= 0.6 is 11.8 Å². The van der Waals surface area contributed by atoms with E-state index in [0.717, 1.165) is 11.8 Å². The van der Waals surface area contributed by atoms with Gasteiger partial charge in [-0.1, -0.05) is 25.6 Å². The Kier molecular flexibility index (Phi) is 3.74. The SMILES string of the molecule is CC(C)NCCN1C(=O)CSC1=O. The van der Waals surface area contributed by atoms with Crippen LogP contribution in [0.2, 0.25) is 0 Å². The summed E-state index contributed by atoms with van der Waals surface area (Å²) in [4.78, 5) is 23.5. The highest BCUT2D eigenvalue weighted by Gasteiger charge is 2.28. The molecule has 0 aliphatic carbocycles. The first-order chi connectivity index (χ1) is 6.11. The van der Waals surface area contributed by atoms with Crippen molar-refractivity contribution in [1.82, 2.24) is 10.2 Å². The molecule has 0 bridgehead atoms. The molecule has 0 spiro atoms. The molecule has 0 aromatic rings. The maximum absolute atomic E-state index is 11.1. The molecule has 1 heterocycles. The normalized spacial score (nSPS) is 17.6. The van der Waals surface area contributed by atoms with E-state index in [1.165, 1.54) is 4.90 Å². The fourth-order valence-corrected chi connectivity index (χ4v) is 1.81. The molecular weight excluding hydrogens is 188 g/mol. The standard InChI is InChI=1S/C8H14N2O2S/c1-6(2)9-3-4-10-7(11)5-13-8(10)12/h6,9H,3-5H2,1-2H3. The maximum Gasteiger partial charge on any atom is 0.288 e. The van der Waals surface area contributed by atoms with Crippen molar-refractivity contribution >= 4 is 22.9 Å². The van der Waals surface area contributed by atoms with Crippen LogP contribution in [-0.2, 0) is 4.79 Å². The molecule has 1 saturated heterocycles. The molecule has 2 amide bonds. The van der Waals surface area contributed by atoms with E-state index in [0.29, 0.717) is 24.9 Å². The lowest BCUT2D eigenvalue weighted by atomic mass is 10.4. The summed E-state index contributed by atoms with van der Waals surface area (Å²) in [6, 6.07) is 0.389. The number of nitrogens with one attached hydrogen (secondary N) is 1. The second kappa shape index (κ2) is 4.62. The lowest BCUT2D eigenvalue weighted by molar-refractivity contribution is -0.124. The molecule has 1 aliphatic heterocycles. The Morgan fingerprint density at radius 3 is 2.69 bits per heavy atom. The minimum atomic E-state index is -0.115. The fraction of sp³-hybridized carbons (Fsp3) is 0.750. The van der Waals surface area contributed by atoms with Gasteiger partial charge in [-0.3, -0.25) is 14.5 Å². The molecule has 0 aromatic heterocycles. The van der Waals surface area contributed by atoms with Crippen molar-refractivity contribution in [2.45, 2.75) is 19.9 Å². The zero-order valence-electron chi connectivity index (χ0n) is 7.87. The van der Waals surface area contributed by atoms with Gasteiger partial charge < -0.3 is 5.32 Å². The minimum Gasteiger partial charge on any atom is -0.313 e. The van der Waals surface area contributed by atoms with Gasteiger partial charge in [0.15, 0.2) is 0 Å². The van der Waals surface area contributed by atoms with Gasteiger partial charge in [0.25, 0.3) is 5.24 Å². The van der Waals surface area contributed by atoms with E-state index in [1.807, 2.05) is 13.8 Å². The number of hydrogen-bond donors (Lipinski definition) is 1. The van der Waals surface area contributed by atoms with E-state index < -0.39 is 0 Å². The monoisotopic (exact) mass is 202 g/mol. The summed E-state index contributed by atoms with van der Waals surface area (Å²) in [6.07, 6.45) is 0. The first-order valence-corrected chi connectivity index (χ1v) is 5.30. The number of carbonyl (C=O) groups is 2. The molecule has 74 valence electrons. The van der Waals surface area contributed by atoms with Gasteiger partial charge >= 0.3 is 0 Å². The Morgan fingerprint density at radius 1 is 1.54 bits per heavy atom. The molecule has 1 rings (SSSR count). The highest BCUT2D eigenvalue weighted by atomic mass is 32.2. The lowest BCUT2D eigenvalue weighted by Crippen LogP contribution is -2.37. The van der Waals surface area contributed by atoms with E-state index in [2.05, 4.69) is 5.32 Å². The van der Waals surface area contributed by atoms with Gasteiger partial charge in [0.2, 0.25) is 5.91 Å². The van der Waals surface area contributed by atoms with Gasteiger partial charge in [-0.15, -0.1) is 0 Å². The molecule has 4 nitrogen and oxygen atoms in total. The Labute approximate surface area is 82.0 Å². The molecule has 0 aromatic carbocycles. The van der Waals surface area contributed by atoms with Crippen molar-refractivity contribution in [2.24, 2.45) is 0 Å². The summed E-state index contributed by atoms with van der Waals surface area (Å²) >= 11 is 1.08. The summed E-state index contributed by atoms with van der Waals surface area (Å²) in [7, 11) is 0. The largest absolute Gasteiger partial charge is 0.313 e. The molecule has 13 heavy (non-hydrogen) atoms. The van der Waals surface area contributed by atoms with Crippen molar-refractivity contribution in [3.63, 3.8) is 0 Å². The molecule has 0 unspecified atom stereocenters. The highest BCUT2D eigenvalue weighted by Crippen LogP contribution is 2.17. The van der Waals surface area contributed by atoms with Crippen LogP contribution in [0, 0.1) is 0 Å². The average Bonchev–Trinajstić information content (AvgIpc) is 2.34. The lowest BCUT2D eigenvalue weighted by Gasteiger charge is -2.14. The van der Waals surface area contributed by atoms with Gasteiger partial charge in [0.1, 0.15) is 0 Å². The number of amides is 2. The molecule has 1 aliphatic rings. The van der Waals surface area contributed by atoms with E-state index >= 15 is 0 Å². The fourth-order valence-electron chi connectivity index (χ4n) is 1.06. The number of rotatable bonds is 4. The number of thioether (sulfide) groups is 1. The third-order valence-corrected chi connectivity index (χ3v) is 2.59. The Morgan fingerprint density at radius 2 is 2.23 bits per heavy atom. The second-order valence-electron chi connectivity index (χ2n) is 3.21. The molecule has 0 saturated carbocycles. The van der Waals surface area contributed by atoms with Gasteiger partial charge in [-0.2, -0.15) is 0 Å². The number of imide groups is 1. The molecule has 5 heteroatoms. The van der Waals surface area contributed by atoms with Crippen molar-refractivity contribution < 1.29 is 9.59 Å². The molecule has 0 radical (unpaired) electrons. The van der Waals surface area contributed by atoms with E-state index in [-0.39, 0.29) is 11.1 Å². The smallest absolute Gasteiger partial charge is 0.288 e. The van der Waals surface area contributed by atoms with Crippen LogP contribution in [0.3, 0.4) is 0 Å². The summed E-state index contributed by atoms with van der Waals surface area (Å²) in [5.41, 5.74) is 0. The molecule has 1 N–H and O–H groups in total. The number of carbonyl (C=O) groups excluding carboxylic acids is 2. The summed E-state index contributed by atoms with van der Waals surface area (Å²) in [5.74, 6) is 0.237. The van der Waals surface area contributed by atoms with Crippen molar-refractivity contribution in [1.29, 1.82) is 0 Å². The van der Waals surface area contributed by atoms with Crippen molar-refractivity contribution in [2.75, 3.05) is 18.8 Å². The zero-order chi connectivity index (χ0) is 9.84.